The molecule has 0 bridgehead atoms. The van der Waals surface area contributed by atoms with Crippen molar-refractivity contribution in [1.29, 1.82) is 0 Å². The number of anilines is 2. The normalized spacial score (nSPS) is 10.2. The molecule has 0 amide bonds. The first kappa shape index (κ1) is 14.2. The molecule has 0 aliphatic heterocycles. The predicted octanol–water partition coefficient (Wildman–Crippen LogP) is 2.91. The summed E-state index contributed by atoms with van der Waals surface area (Å²) in [5, 5.41) is 3.35. The molecule has 0 unspecified atom stereocenters. The second-order valence-electron chi connectivity index (χ2n) is 4.44. The molecular weight excluding hydrogens is 252 g/mol. The number of nitrogen functional groups attached to an aromatic ring is 1. The first-order valence-electron chi connectivity index (χ1n) is 6.58. The van der Waals surface area contributed by atoms with Gasteiger partial charge in [0.15, 0.2) is 0 Å². The molecule has 106 valence electrons. The lowest BCUT2D eigenvalue weighted by Crippen LogP contribution is -2.07. The van der Waals surface area contributed by atoms with Crippen LogP contribution in [0.4, 0.5) is 11.4 Å². The van der Waals surface area contributed by atoms with Gasteiger partial charge in [0.25, 0.3) is 0 Å². The van der Waals surface area contributed by atoms with Gasteiger partial charge in [0.05, 0.1) is 12.3 Å². The zero-order valence-corrected chi connectivity index (χ0v) is 11.6. The van der Waals surface area contributed by atoms with Gasteiger partial charge < -0.3 is 20.5 Å². The number of rotatable bonds is 7. The smallest absolute Gasteiger partial charge is 0.142 e. The summed E-state index contributed by atoms with van der Waals surface area (Å²) in [6, 6.07) is 15.8. The highest BCUT2D eigenvalue weighted by molar-refractivity contribution is 5.63. The Labute approximate surface area is 119 Å². The molecule has 2 aromatic carbocycles. The Morgan fingerprint density at radius 3 is 2.60 bits per heavy atom. The van der Waals surface area contributed by atoms with E-state index in [0.717, 1.165) is 18.0 Å². The van der Waals surface area contributed by atoms with Crippen LogP contribution in [0.15, 0.2) is 48.5 Å². The summed E-state index contributed by atoms with van der Waals surface area (Å²) in [6.45, 7) is 1.80. The third-order valence-electron chi connectivity index (χ3n) is 2.87. The summed E-state index contributed by atoms with van der Waals surface area (Å²) >= 11 is 0. The molecule has 0 heterocycles. The van der Waals surface area contributed by atoms with Crippen molar-refractivity contribution in [3.05, 3.63) is 54.1 Å². The largest absolute Gasteiger partial charge is 0.489 e. The van der Waals surface area contributed by atoms with Crippen LogP contribution >= 0.6 is 0 Å². The Hall–Kier alpha value is -2.20. The molecule has 0 spiro atoms. The number of nitrogens with one attached hydrogen (secondary N) is 1. The van der Waals surface area contributed by atoms with E-state index in [1.165, 1.54) is 5.56 Å². The monoisotopic (exact) mass is 272 g/mol. The summed E-state index contributed by atoms with van der Waals surface area (Å²) in [5.41, 5.74) is 8.64. The molecule has 2 rings (SSSR count). The molecule has 0 aliphatic rings. The highest BCUT2D eigenvalue weighted by Gasteiger charge is 2.04. The first-order valence-corrected chi connectivity index (χ1v) is 6.58. The number of nitrogens with two attached hydrogens (primary N) is 1. The predicted molar refractivity (Wildman–Crippen MR) is 82.0 cm³/mol. The molecule has 0 saturated heterocycles. The molecular formula is C16H20N2O2. The second-order valence-corrected chi connectivity index (χ2v) is 4.44. The molecule has 3 N–H and O–H groups in total. The molecule has 2 aromatic rings. The highest BCUT2D eigenvalue weighted by Crippen LogP contribution is 2.27. The van der Waals surface area contributed by atoms with E-state index in [-0.39, 0.29) is 0 Å². The van der Waals surface area contributed by atoms with Gasteiger partial charge in [-0.3, -0.25) is 0 Å². The van der Waals surface area contributed by atoms with Crippen LogP contribution in [0.2, 0.25) is 0 Å². The van der Waals surface area contributed by atoms with Gasteiger partial charge in [-0.05, 0) is 23.8 Å². The highest BCUT2D eigenvalue weighted by atomic mass is 16.5. The van der Waals surface area contributed by atoms with E-state index in [9.17, 15) is 0 Å². The minimum absolute atomic E-state index is 0.514. The van der Waals surface area contributed by atoms with Crippen LogP contribution in [0.5, 0.6) is 5.75 Å². The minimum atomic E-state index is 0.514. The van der Waals surface area contributed by atoms with Gasteiger partial charge in [0, 0.05) is 19.3 Å². The van der Waals surface area contributed by atoms with Crippen LogP contribution in [-0.2, 0) is 11.3 Å². The molecule has 4 heteroatoms. The van der Waals surface area contributed by atoms with Gasteiger partial charge in [0.1, 0.15) is 12.4 Å². The fraction of sp³-hybridized carbons (Fsp3) is 0.250. The number of ether oxygens (including phenoxy) is 2. The quantitative estimate of drug-likeness (QED) is 0.601. The Kier molecular flexibility index (Phi) is 5.26. The van der Waals surface area contributed by atoms with Crippen LogP contribution in [-0.4, -0.2) is 20.3 Å². The number of hydrogen-bond donors (Lipinski definition) is 2. The average Bonchev–Trinajstić information content (AvgIpc) is 2.48. The number of methoxy groups -OCH3 is 1. The minimum Gasteiger partial charge on any atom is -0.489 e. The van der Waals surface area contributed by atoms with E-state index in [4.69, 9.17) is 15.2 Å². The van der Waals surface area contributed by atoms with Gasteiger partial charge in [-0.2, -0.15) is 0 Å². The van der Waals surface area contributed by atoms with E-state index in [0.29, 0.717) is 18.9 Å². The van der Waals surface area contributed by atoms with Crippen molar-refractivity contribution in [1.82, 2.24) is 0 Å². The lowest BCUT2D eigenvalue weighted by atomic mass is 10.2. The van der Waals surface area contributed by atoms with E-state index in [1.807, 2.05) is 36.4 Å². The van der Waals surface area contributed by atoms with E-state index < -0.39 is 0 Å². The standard InChI is InChI=1S/C16H20N2O2/c1-19-9-10-20-16-8-7-14(17)11-15(16)18-12-13-5-3-2-4-6-13/h2-8,11,18H,9-10,12,17H2,1H3. The Morgan fingerprint density at radius 2 is 1.85 bits per heavy atom. The van der Waals surface area contributed by atoms with Crippen LogP contribution < -0.4 is 15.8 Å². The molecule has 0 aromatic heterocycles. The van der Waals surface area contributed by atoms with E-state index in [1.54, 1.807) is 7.11 Å². The van der Waals surface area contributed by atoms with Crippen LogP contribution in [0.3, 0.4) is 0 Å². The zero-order valence-electron chi connectivity index (χ0n) is 11.6. The van der Waals surface area contributed by atoms with Crippen LogP contribution in [0.25, 0.3) is 0 Å². The lowest BCUT2D eigenvalue weighted by Gasteiger charge is -2.14. The summed E-state index contributed by atoms with van der Waals surface area (Å²) < 4.78 is 10.7. The van der Waals surface area contributed by atoms with Crippen molar-refractivity contribution in [3.8, 4) is 5.75 Å². The van der Waals surface area contributed by atoms with Crippen molar-refractivity contribution < 1.29 is 9.47 Å². The molecule has 0 atom stereocenters. The molecule has 0 radical (unpaired) electrons. The average molecular weight is 272 g/mol. The Morgan fingerprint density at radius 1 is 1.05 bits per heavy atom. The van der Waals surface area contributed by atoms with Gasteiger partial charge in [-0.1, -0.05) is 30.3 Å². The summed E-state index contributed by atoms with van der Waals surface area (Å²) in [7, 11) is 1.65. The van der Waals surface area contributed by atoms with Gasteiger partial charge in [-0.25, -0.2) is 0 Å². The van der Waals surface area contributed by atoms with Crippen LogP contribution in [0.1, 0.15) is 5.56 Å². The maximum absolute atomic E-state index is 5.83. The summed E-state index contributed by atoms with van der Waals surface area (Å²) in [5.74, 6) is 0.784. The molecule has 0 aliphatic carbocycles. The molecule has 20 heavy (non-hydrogen) atoms. The fourth-order valence-corrected chi connectivity index (χ4v) is 1.84. The maximum atomic E-state index is 5.83. The van der Waals surface area contributed by atoms with Crippen molar-refractivity contribution in [3.63, 3.8) is 0 Å². The number of benzene rings is 2. The van der Waals surface area contributed by atoms with E-state index in [2.05, 4.69) is 17.4 Å². The summed E-state index contributed by atoms with van der Waals surface area (Å²) in [6.07, 6.45) is 0. The fourth-order valence-electron chi connectivity index (χ4n) is 1.84. The molecule has 4 nitrogen and oxygen atoms in total. The van der Waals surface area contributed by atoms with Crippen molar-refractivity contribution in [2.24, 2.45) is 0 Å². The van der Waals surface area contributed by atoms with Gasteiger partial charge in [-0.15, -0.1) is 0 Å². The third-order valence-corrected chi connectivity index (χ3v) is 2.87. The van der Waals surface area contributed by atoms with Crippen molar-refractivity contribution in [2.75, 3.05) is 31.4 Å². The Bertz CT molecular complexity index is 529. The van der Waals surface area contributed by atoms with Crippen LogP contribution in [0, 0.1) is 0 Å². The Balaban J connectivity index is 2.03. The molecule has 0 saturated carbocycles. The summed E-state index contributed by atoms with van der Waals surface area (Å²) in [4.78, 5) is 0. The van der Waals surface area contributed by atoms with Crippen molar-refractivity contribution >= 4 is 11.4 Å². The van der Waals surface area contributed by atoms with Gasteiger partial charge in [0.2, 0.25) is 0 Å². The zero-order chi connectivity index (χ0) is 14.2. The second kappa shape index (κ2) is 7.40. The molecule has 0 fully saturated rings. The lowest BCUT2D eigenvalue weighted by molar-refractivity contribution is 0.146. The SMILES string of the molecule is COCCOc1ccc(N)cc1NCc1ccccc1. The first-order chi connectivity index (χ1) is 9.79. The number of hydrogen-bond acceptors (Lipinski definition) is 4. The third kappa shape index (κ3) is 4.17. The van der Waals surface area contributed by atoms with Gasteiger partial charge >= 0.3 is 0 Å². The van der Waals surface area contributed by atoms with E-state index >= 15 is 0 Å². The topological polar surface area (TPSA) is 56.5 Å². The maximum Gasteiger partial charge on any atom is 0.142 e. The van der Waals surface area contributed by atoms with Crippen molar-refractivity contribution in [2.45, 2.75) is 6.54 Å².